The molecule has 2 aromatic heterocycles. The first-order chi connectivity index (χ1) is 10.8. The summed E-state index contributed by atoms with van der Waals surface area (Å²) in [6.07, 6.45) is 4.64. The zero-order valence-electron chi connectivity index (χ0n) is 13.2. The molecule has 0 N–H and O–H groups in total. The van der Waals surface area contributed by atoms with Crippen LogP contribution in [0.5, 0.6) is 0 Å². The zero-order valence-corrected chi connectivity index (χ0v) is 14.0. The van der Waals surface area contributed by atoms with Crippen LogP contribution in [0, 0.1) is 6.92 Å². The molecule has 1 saturated heterocycles. The molecule has 1 amide bonds. The lowest BCUT2D eigenvalue weighted by molar-refractivity contribution is -0.119. The fraction of sp³-hybridized carbons (Fsp3) is 0.462. The summed E-state index contributed by atoms with van der Waals surface area (Å²) in [6.45, 7) is 2.03. The van der Waals surface area contributed by atoms with Crippen molar-refractivity contribution in [3.63, 3.8) is 0 Å². The Morgan fingerprint density at radius 2 is 1.87 bits per heavy atom. The SMILES string of the molecule is Cc1c(S(=O)(=O)N2CCN(c3cnn(C)c3)C(=O)C2)cnn1C. The van der Waals surface area contributed by atoms with Gasteiger partial charge in [0.2, 0.25) is 15.9 Å². The van der Waals surface area contributed by atoms with Gasteiger partial charge in [0.1, 0.15) is 4.90 Å². The van der Waals surface area contributed by atoms with Gasteiger partial charge in [0.25, 0.3) is 0 Å². The number of aromatic nitrogens is 4. The molecule has 0 saturated carbocycles. The van der Waals surface area contributed by atoms with Crippen LogP contribution in [0.4, 0.5) is 5.69 Å². The van der Waals surface area contributed by atoms with Gasteiger partial charge in [0.05, 0.1) is 30.3 Å². The molecule has 23 heavy (non-hydrogen) atoms. The Labute approximate surface area is 134 Å². The van der Waals surface area contributed by atoms with E-state index < -0.39 is 10.0 Å². The smallest absolute Gasteiger partial charge is 0.247 e. The summed E-state index contributed by atoms with van der Waals surface area (Å²) in [5.74, 6) is -0.269. The third-order valence-corrected chi connectivity index (χ3v) is 5.94. The lowest BCUT2D eigenvalue weighted by Crippen LogP contribution is -2.52. The average molecular weight is 338 g/mol. The maximum absolute atomic E-state index is 12.7. The van der Waals surface area contributed by atoms with E-state index in [4.69, 9.17) is 0 Å². The number of piperazine rings is 1. The molecule has 3 heterocycles. The summed E-state index contributed by atoms with van der Waals surface area (Å²) in [6, 6.07) is 0. The first kappa shape index (κ1) is 15.7. The second-order valence-electron chi connectivity index (χ2n) is 5.47. The van der Waals surface area contributed by atoms with E-state index in [2.05, 4.69) is 10.2 Å². The highest BCUT2D eigenvalue weighted by atomic mass is 32.2. The first-order valence-corrected chi connectivity index (χ1v) is 8.52. The predicted octanol–water partition coefficient (Wildman–Crippen LogP) is -0.500. The fourth-order valence-electron chi connectivity index (χ4n) is 2.55. The van der Waals surface area contributed by atoms with E-state index in [9.17, 15) is 13.2 Å². The normalized spacial score (nSPS) is 17.0. The number of carbonyl (C=O) groups excluding carboxylic acids is 1. The van der Waals surface area contributed by atoms with Crippen molar-refractivity contribution in [1.29, 1.82) is 0 Å². The number of anilines is 1. The van der Waals surface area contributed by atoms with E-state index in [0.29, 0.717) is 17.9 Å². The predicted molar refractivity (Wildman–Crippen MR) is 82.3 cm³/mol. The highest BCUT2D eigenvalue weighted by Gasteiger charge is 2.35. The number of rotatable bonds is 3. The van der Waals surface area contributed by atoms with Crippen molar-refractivity contribution in [2.75, 3.05) is 24.5 Å². The van der Waals surface area contributed by atoms with Gasteiger partial charge in [-0.05, 0) is 6.92 Å². The van der Waals surface area contributed by atoms with Crippen LogP contribution in [-0.4, -0.2) is 57.8 Å². The van der Waals surface area contributed by atoms with Gasteiger partial charge in [0, 0.05) is 33.4 Å². The van der Waals surface area contributed by atoms with Crippen LogP contribution >= 0.6 is 0 Å². The van der Waals surface area contributed by atoms with E-state index in [0.717, 1.165) is 0 Å². The largest absolute Gasteiger partial charge is 0.307 e. The monoisotopic (exact) mass is 338 g/mol. The molecule has 0 unspecified atom stereocenters. The quantitative estimate of drug-likeness (QED) is 0.752. The molecule has 0 atom stereocenters. The molecule has 124 valence electrons. The van der Waals surface area contributed by atoms with Gasteiger partial charge < -0.3 is 4.90 Å². The minimum atomic E-state index is -3.72. The van der Waals surface area contributed by atoms with E-state index >= 15 is 0 Å². The third kappa shape index (κ3) is 2.63. The molecule has 0 aromatic carbocycles. The van der Waals surface area contributed by atoms with Crippen molar-refractivity contribution in [2.45, 2.75) is 11.8 Å². The van der Waals surface area contributed by atoms with Crippen molar-refractivity contribution >= 4 is 21.6 Å². The van der Waals surface area contributed by atoms with Crippen LogP contribution in [-0.2, 0) is 28.9 Å². The van der Waals surface area contributed by atoms with Crippen LogP contribution in [0.25, 0.3) is 0 Å². The minimum Gasteiger partial charge on any atom is -0.307 e. The molecule has 0 spiro atoms. The first-order valence-electron chi connectivity index (χ1n) is 7.08. The molecule has 1 fully saturated rings. The van der Waals surface area contributed by atoms with Gasteiger partial charge >= 0.3 is 0 Å². The molecule has 1 aliphatic rings. The molecule has 1 aliphatic heterocycles. The number of sulfonamides is 1. The van der Waals surface area contributed by atoms with Gasteiger partial charge in [-0.25, -0.2) is 8.42 Å². The molecular weight excluding hydrogens is 320 g/mol. The molecule has 0 aliphatic carbocycles. The fourth-order valence-corrected chi connectivity index (χ4v) is 4.11. The topological polar surface area (TPSA) is 93.3 Å². The number of aryl methyl sites for hydroxylation is 2. The average Bonchev–Trinajstić information content (AvgIpc) is 3.06. The van der Waals surface area contributed by atoms with Gasteiger partial charge in [-0.1, -0.05) is 0 Å². The Bertz CT molecular complexity index is 853. The van der Waals surface area contributed by atoms with Gasteiger partial charge in [0.15, 0.2) is 0 Å². The summed E-state index contributed by atoms with van der Waals surface area (Å²) in [5.41, 5.74) is 1.22. The Morgan fingerprint density at radius 1 is 1.13 bits per heavy atom. The molecule has 0 radical (unpaired) electrons. The second kappa shape index (κ2) is 5.46. The molecule has 0 bridgehead atoms. The number of carbonyl (C=O) groups is 1. The number of hydrogen-bond donors (Lipinski definition) is 0. The van der Waals surface area contributed by atoms with Crippen molar-refractivity contribution in [3.8, 4) is 0 Å². The Balaban J connectivity index is 1.82. The van der Waals surface area contributed by atoms with Gasteiger partial charge in [-0.15, -0.1) is 0 Å². The zero-order chi connectivity index (χ0) is 16.8. The van der Waals surface area contributed by atoms with Crippen LogP contribution in [0.15, 0.2) is 23.5 Å². The molecule has 2 aromatic rings. The van der Waals surface area contributed by atoms with Crippen LogP contribution in [0.2, 0.25) is 0 Å². The lowest BCUT2D eigenvalue weighted by atomic mass is 10.3. The molecule has 10 heteroatoms. The molecule has 9 nitrogen and oxygen atoms in total. The van der Waals surface area contributed by atoms with E-state index in [1.807, 2.05) is 0 Å². The number of hydrogen-bond acceptors (Lipinski definition) is 5. The van der Waals surface area contributed by atoms with Crippen LogP contribution in [0.1, 0.15) is 5.69 Å². The number of nitrogens with zero attached hydrogens (tertiary/aromatic N) is 6. The molecule has 3 rings (SSSR count). The van der Waals surface area contributed by atoms with Crippen molar-refractivity contribution < 1.29 is 13.2 Å². The van der Waals surface area contributed by atoms with E-state index in [1.54, 1.807) is 43.0 Å². The maximum Gasteiger partial charge on any atom is 0.247 e. The van der Waals surface area contributed by atoms with Gasteiger partial charge in [-0.2, -0.15) is 14.5 Å². The summed E-state index contributed by atoms with van der Waals surface area (Å²) < 4.78 is 29.7. The van der Waals surface area contributed by atoms with Crippen molar-refractivity contribution in [1.82, 2.24) is 23.9 Å². The van der Waals surface area contributed by atoms with E-state index in [-0.39, 0.29) is 23.9 Å². The summed E-state index contributed by atoms with van der Waals surface area (Å²) in [5, 5.41) is 8.00. The Morgan fingerprint density at radius 3 is 2.39 bits per heavy atom. The minimum absolute atomic E-state index is 0.141. The highest BCUT2D eigenvalue weighted by molar-refractivity contribution is 7.89. The summed E-state index contributed by atoms with van der Waals surface area (Å²) >= 11 is 0. The number of amides is 1. The van der Waals surface area contributed by atoms with Crippen molar-refractivity contribution in [3.05, 3.63) is 24.3 Å². The van der Waals surface area contributed by atoms with E-state index in [1.165, 1.54) is 15.2 Å². The van der Waals surface area contributed by atoms with Crippen LogP contribution in [0.3, 0.4) is 0 Å². The standard InChI is InChI=1S/C13H18N6O3S/c1-10-12(7-15-17(10)3)23(21,22)18-4-5-19(13(20)9-18)11-6-14-16(2)8-11/h6-8H,4-5,9H2,1-3H3. The Kier molecular flexibility index (Phi) is 3.72. The van der Waals surface area contributed by atoms with Crippen LogP contribution < -0.4 is 4.90 Å². The maximum atomic E-state index is 12.7. The second-order valence-corrected chi connectivity index (χ2v) is 7.38. The van der Waals surface area contributed by atoms with Gasteiger partial charge in [-0.3, -0.25) is 14.2 Å². The Hall–Kier alpha value is -2.20. The van der Waals surface area contributed by atoms with Crippen molar-refractivity contribution in [2.24, 2.45) is 14.1 Å². The summed E-state index contributed by atoms with van der Waals surface area (Å²) in [4.78, 5) is 14.0. The third-order valence-electron chi connectivity index (χ3n) is 4.00. The lowest BCUT2D eigenvalue weighted by Gasteiger charge is -2.32. The highest BCUT2D eigenvalue weighted by Crippen LogP contribution is 2.23. The summed E-state index contributed by atoms with van der Waals surface area (Å²) in [7, 11) is -0.279. The molecular formula is C13H18N6O3S.